The Hall–Kier alpha value is -2.37. The number of amides is 3. The summed E-state index contributed by atoms with van der Waals surface area (Å²) in [4.78, 5) is 36.0. The third kappa shape index (κ3) is 3.88. The van der Waals surface area contributed by atoms with Gasteiger partial charge in [-0.05, 0) is 39.3 Å². The van der Waals surface area contributed by atoms with Crippen molar-refractivity contribution in [3.8, 4) is 0 Å². The molecule has 2 rings (SSSR count). The van der Waals surface area contributed by atoms with Gasteiger partial charge in [0.1, 0.15) is 0 Å². The van der Waals surface area contributed by atoms with Crippen LogP contribution in [0.15, 0.2) is 18.2 Å². The van der Waals surface area contributed by atoms with Crippen molar-refractivity contribution in [1.29, 1.82) is 0 Å². The Labute approximate surface area is 136 Å². The number of anilines is 1. The minimum absolute atomic E-state index is 0.00398. The molecule has 1 aromatic carbocycles. The highest BCUT2D eigenvalue weighted by atomic mass is 16.2. The van der Waals surface area contributed by atoms with Crippen LogP contribution in [-0.4, -0.2) is 35.2 Å². The van der Waals surface area contributed by atoms with Crippen LogP contribution < -0.4 is 10.6 Å². The van der Waals surface area contributed by atoms with Crippen LogP contribution in [0.25, 0.3) is 0 Å². The molecular weight excluding hydrogens is 294 g/mol. The molecule has 1 unspecified atom stereocenters. The largest absolute Gasteiger partial charge is 0.383 e. The highest BCUT2D eigenvalue weighted by Gasteiger charge is 2.32. The molecule has 6 nitrogen and oxygen atoms in total. The summed E-state index contributed by atoms with van der Waals surface area (Å²) in [6.07, 6.45) is 1.12. The number of fused-ring (bicyclic) bond motifs is 1. The monoisotopic (exact) mass is 317 g/mol. The topological polar surface area (TPSA) is 78.5 Å². The van der Waals surface area contributed by atoms with Gasteiger partial charge in [-0.3, -0.25) is 19.7 Å². The van der Waals surface area contributed by atoms with E-state index >= 15 is 0 Å². The summed E-state index contributed by atoms with van der Waals surface area (Å²) in [5.74, 6) is -0.325. The van der Waals surface area contributed by atoms with Gasteiger partial charge in [-0.25, -0.2) is 0 Å². The van der Waals surface area contributed by atoms with Crippen molar-refractivity contribution in [2.24, 2.45) is 0 Å². The Morgan fingerprint density at radius 2 is 2.09 bits per heavy atom. The maximum Gasteiger partial charge on any atom is 0.254 e. The van der Waals surface area contributed by atoms with Crippen LogP contribution in [0.2, 0.25) is 0 Å². The van der Waals surface area contributed by atoms with Crippen LogP contribution in [0, 0.1) is 0 Å². The number of benzene rings is 1. The second-order valence-electron chi connectivity index (χ2n) is 6.14. The van der Waals surface area contributed by atoms with E-state index in [-0.39, 0.29) is 30.3 Å². The molecule has 0 saturated heterocycles. The first-order valence-electron chi connectivity index (χ1n) is 7.86. The Morgan fingerprint density at radius 3 is 2.74 bits per heavy atom. The lowest BCUT2D eigenvalue weighted by Gasteiger charge is -2.24. The van der Waals surface area contributed by atoms with Gasteiger partial charge in [0.05, 0.1) is 0 Å². The first kappa shape index (κ1) is 17.0. The third-order valence-corrected chi connectivity index (χ3v) is 3.98. The van der Waals surface area contributed by atoms with Gasteiger partial charge in [-0.1, -0.05) is 6.07 Å². The molecule has 1 aromatic rings. The predicted octanol–water partition coefficient (Wildman–Crippen LogP) is 1.90. The molecule has 1 atom stereocenters. The fourth-order valence-corrected chi connectivity index (χ4v) is 2.79. The van der Waals surface area contributed by atoms with Crippen molar-refractivity contribution in [2.45, 2.75) is 52.2 Å². The van der Waals surface area contributed by atoms with Crippen LogP contribution in [0.4, 0.5) is 5.69 Å². The minimum atomic E-state index is -0.321. The zero-order valence-corrected chi connectivity index (χ0v) is 13.8. The summed E-state index contributed by atoms with van der Waals surface area (Å²) in [5, 5.41) is 5.49. The number of rotatable bonds is 7. The Kier molecular flexibility index (Phi) is 5.36. The lowest BCUT2D eigenvalue weighted by molar-refractivity contribution is -0.125. The van der Waals surface area contributed by atoms with Crippen LogP contribution in [0.1, 0.15) is 49.5 Å². The lowest BCUT2D eigenvalue weighted by atomic mass is 10.1. The average Bonchev–Trinajstić information content (AvgIpc) is 2.83. The number of carbonyl (C=O) groups excluding carboxylic acids is 3. The van der Waals surface area contributed by atoms with Crippen molar-refractivity contribution in [3.63, 3.8) is 0 Å². The zero-order valence-electron chi connectivity index (χ0n) is 13.8. The maximum atomic E-state index is 12.6. The number of hydrogen-bond acceptors (Lipinski definition) is 4. The Balaban J connectivity index is 2.08. The maximum absolute atomic E-state index is 12.6. The van der Waals surface area contributed by atoms with E-state index in [1.165, 1.54) is 0 Å². The molecule has 0 spiro atoms. The van der Waals surface area contributed by atoms with Gasteiger partial charge in [-0.15, -0.1) is 0 Å². The summed E-state index contributed by atoms with van der Waals surface area (Å²) in [5.41, 5.74) is 2.72. The fourth-order valence-electron chi connectivity index (χ4n) is 2.79. The summed E-state index contributed by atoms with van der Waals surface area (Å²) >= 11 is 0. The van der Waals surface area contributed by atoms with Gasteiger partial charge in [0.15, 0.2) is 0 Å². The number of hydrogen-bond donors (Lipinski definition) is 2. The van der Waals surface area contributed by atoms with E-state index in [2.05, 4.69) is 24.5 Å². The van der Waals surface area contributed by atoms with Gasteiger partial charge in [0.25, 0.3) is 5.91 Å². The summed E-state index contributed by atoms with van der Waals surface area (Å²) in [6.45, 7) is 6.58. The second kappa shape index (κ2) is 7.26. The highest BCUT2D eigenvalue weighted by molar-refractivity contribution is 6.00. The second-order valence-corrected chi connectivity index (χ2v) is 6.14. The van der Waals surface area contributed by atoms with E-state index in [0.717, 1.165) is 16.8 Å². The standard InChI is InChI=1S/C17H23N3O3/c1-11(2)19-15-6-4-5-13-14(15)9-20(17(13)23)12(3)7-8-16(22)18-10-21/h4-6,10-12,19H,7-9H2,1-3H3,(H,18,21,22). The predicted molar refractivity (Wildman–Crippen MR) is 88.0 cm³/mol. The molecule has 1 aliphatic rings. The number of nitrogens with one attached hydrogen (secondary N) is 2. The molecule has 0 aromatic heterocycles. The normalized spacial score (nSPS) is 14.6. The molecule has 0 radical (unpaired) electrons. The van der Waals surface area contributed by atoms with Crippen LogP contribution in [0.3, 0.4) is 0 Å². The summed E-state index contributed by atoms with van der Waals surface area (Å²) < 4.78 is 0. The molecule has 0 saturated carbocycles. The molecule has 23 heavy (non-hydrogen) atoms. The summed E-state index contributed by atoms with van der Waals surface area (Å²) in [6, 6.07) is 5.93. The van der Waals surface area contributed by atoms with E-state index in [4.69, 9.17) is 0 Å². The van der Waals surface area contributed by atoms with Crippen molar-refractivity contribution in [3.05, 3.63) is 29.3 Å². The summed E-state index contributed by atoms with van der Waals surface area (Å²) in [7, 11) is 0. The molecule has 0 aliphatic carbocycles. The molecule has 1 aliphatic heterocycles. The van der Waals surface area contributed by atoms with E-state index in [1.807, 2.05) is 25.1 Å². The molecular formula is C17H23N3O3. The molecule has 1 heterocycles. The third-order valence-electron chi connectivity index (χ3n) is 3.98. The molecule has 3 amide bonds. The van der Waals surface area contributed by atoms with Gasteiger partial charge < -0.3 is 10.2 Å². The first-order chi connectivity index (χ1) is 10.9. The molecule has 124 valence electrons. The average molecular weight is 317 g/mol. The highest BCUT2D eigenvalue weighted by Crippen LogP contribution is 2.31. The van der Waals surface area contributed by atoms with Gasteiger partial charge in [0.2, 0.25) is 12.3 Å². The van der Waals surface area contributed by atoms with E-state index in [9.17, 15) is 14.4 Å². The number of nitrogens with zero attached hydrogens (tertiary/aromatic N) is 1. The van der Waals surface area contributed by atoms with E-state index in [1.54, 1.807) is 4.90 Å². The van der Waals surface area contributed by atoms with Crippen molar-refractivity contribution in [2.75, 3.05) is 5.32 Å². The SMILES string of the molecule is CC(C)Nc1cccc2c1CN(C(C)CCC(=O)NC=O)C2=O. The fraction of sp³-hybridized carbons (Fsp3) is 0.471. The molecule has 2 N–H and O–H groups in total. The van der Waals surface area contributed by atoms with Crippen molar-refractivity contribution < 1.29 is 14.4 Å². The van der Waals surface area contributed by atoms with Crippen LogP contribution in [-0.2, 0) is 16.1 Å². The number of imide groups is 1. The van der Waals surface area contributed by atoms with Crippen LogP contribution >= 0.6 is 0 Å². The molecule has 0 fully saturated rings. The minimum Gasteiger partial charge on any atom is -0.383 e. The smallest absolute Gasteiger partial charge is 0.254 e. The quantitative estimate of drug-likeness (QED) is 0.753. The van der Waals surface area contributed by atoms with Crippen molar-refractivity contribution >= 4 is 23.9 Å². The van der Waals surface area contributed by atoms with E-state index in [0.29, 0.717) is 19.4 Å². The number of carbonyl (C=O) groups is 3. The molecule has 6 heteroatoms. The van der Waals surface area contributed by atoms with Gasteiger partial charge in [0, 0.05) is 41.9 Å². The first-order valence-corrected chi connectivity index (χ1v) is 7.86. The van der Waals surface area contributed by atoms with Gasteiger partial charge in [-0.2, -0.15) is 0 Å². The Morgan fingerprint density at radius 1 is 1.35 bits per heavy atom. The van der Waals surface area contributed by atoms with E-state index < -0.39 is 0 Å². The van der Waals surface area contributed by atoms with Crippen molar-refractivity contribution in [1.82, 2.24) is 10.2 Å². The lowest BCUT2D eigenvalue weighted by Crippen LogP contribution is -2.34. The zero-order chi connectivity index (χ0) is 17.0. The van der Waals surface area contributed by atoms with Crippen LogP contribution in [0.5, 0.6) is 0 Å². The Bertz CT molecular complexity index is 613. The van der Waals surface area contributed by atoms with Gasteiger partial charge >= 0.3 is 0 Å². The molecule has 0 bridgehead atoms.